The van der Waals surface area contributed by atoms with E-state index in [0.717, 1.165) is 11.3 Å². The van der Waals surface area contributed by atoms with Gasteiger partial charge in [0, 0.05) is 12.7 Å². The van der Waals surface area contributed by atoms with E-state index in [9.17, 15) is 4.79 Å². The highest BCUT2D eigenvalue weighted by molar-refractivity contribution is 6.34. The van der Waals surface area contributed by atoms with Gasteiger partial charge in [-0.3, -0.25) is 4.79 Å². The zero-order valence-electron chi connectivity index (χ0n) is 10.9. The van der Waals surface area contributed by atoms with E-state index < -0.39 is 0 Å². The number of carbonyl (C=O) groups is 1. The summed E-state index contributed by atoms with van der Waals surface area (Å²) in [7, 11) is 1.73. The molecule has 0 saturated carbocycles. The van der Waals surface area contributed by atoms with Gasteiger partial charge in [0.2, 0.25) is 0 Å². The summed E-state index contributed by atoms with van der Waals surface area (Å²) < 4.78 is 0. The van der Waals surface area contributed by atoms with Gasteiger partial charge in [0.05, 0.1) is 16.3 Å². The highest BCUT2D eigenvalue weighted by atomic mass is 35.5. The molecule has 0 aromatic heterocycles. The van der Waals surface area contributed by atoms with Gasteiger partial charge < -0.3 is 10.6 Å². The van der Waals surface area contributed by atoms with Crippen molar-refractivity contribution in [1.82, 2.24) is 0 Å². The molecule has 2 N–H and O–H groups in total. The first-order valence-corrected chi connectivity index (χ1v) is 6.28. The van der Waals surface area contributed by atoms with E-state index in [1.54, 1.807) is 30.1 Å². The first-order valence-electron chi connectivity index (χ1n) is 5.90. The van der Waals surface area contributed by atoms with Crippen molar-refractivity contribution in [3.63, 3.8) is 0 Å². The van der Waals surface area contributed by atoms with Crippen LogP contribution in [0.2, 0.25) is 5.02 Å². The lowest BCUT2D eigenvalue weighted by Crippen LogP contribution is -2.27. The molecule has 0 aliphatic carbocycles. The van der Waals surface area contributed by atoms with E-state index in [-0.39, 0.29) is 5.91 Å². The van der Waals surface area contributed by atoms with E-state index in [2.05, 4.69) is 0 Å². The van der Waals surface area contributed by atoms with Gasteiger partial charge >= 0.3 is 0 Å². The first kappa shape index (κ1) is 13.4. The van der Waals surface area contributed by atoms with Crippen molar-refractivity contribution in [2.24, 2.45) is 0 Å². The minimum atomic E-state index is -0.172. The number of amides is 1. The van der Waals surface area contributed by atoms with Crippen molar-refractivity contribution in [1.29, 1.82) is 0 Å². The van der Waals surface area contributed by atoms with E-state index in [4.69, 9.17) is 17.3 Å². The third kappa shape index (κ3) is 2.56. The van der Waals surface area contributed by atoms with Crippen molar-refractivity contribution in [3.05, 3.63) is 58.6 Å². The average molecular weight is 275 g/mol. The summed E-state index contributed by atoms with van der Waals surface area (Å²) in [5.41, 5.74) is 8.47. The lowest BCUT2D eigenvalue weighted by Gasteiger charge is -2.20. The molecule has 2 aromatic rings. The predicted molar refractivity (Wildman–Crippen MR) is 79.8 cm³/mol. The summed E-state index contributed by atoms with van der Waals surface area (Å²) in [6.45, 7) is 1.96. The zero-order chi connectivity index (χ0) is 14.0. The van der Waals surface area contributed by atoms with Crippen molar-refractivity contribution in [2.45, 2.75) is 6.92 Å². The number of hydrogen-bond donors (Lipinski definition) is 1. The molecule has 0 atom stereocenters. The molecule has 0 saturated heterocycles. The van der Waals surface area contributed by atoms with Gasteiger partial charge in [-0.15, -0.1) is 0 Å². The lowest BCUT2D eigenvalue weighted by molar-refractivity contribution is 0.0993. The maximum absolute atomic E-state index is 12.5. The second kappa shape index (κ2) is 5.33. The maximum Gasteiger partial charge on any atom is 0.260 e. The summed E-state index contributed by atoms with van der Waals surface area (Å²) in [6, 6.07) is 12.8. The molecule has 0 spiro atoms. The molecule has 0 radical (unpaired) electrons. The number of hydrogen-bond acceptors (Lipinski definition) is 2. The SMILES string of the molecule is Cc1ccccc1N(C)C(=O)c1cccc(Cl)c1N. The molecule has 3 nitrogen and oxygen atoms in total. The number of rotatable bonds is 2. The molecule has 98 valence electrons. The van der Waals surface area contributed by atoms with Crippen molar-refractivity contribution < 1.29 is 4.79 Å². The normalized spacial score (nSPS) is 10.3. The topological polar surface area (TPSA) is 46.3 Å². The van der Waals surface area contributed by atoms with Gasteiger partial charge in [0.1, 0.15) is 0 Å². The Morgan fingerprint density at radius 1 is 1.16 bits per heavy atom. The first-order chi connectivity index (χ1) is 9.02. The van der Waals surface area contributed by atoms with Crippen LogP contribution in [0.5, 0.6) is 0 Å². The summed E-state index contributed by atoms with van der Waals surface area (Å²) in [4.78, 5) is 14.0. The molecule has 19 heavy (non-hydrogen) atoms. The molecule has 0 unspecified atom stereocenters. The number of nitrogen functional groups attached to an aromatic ring is 1. The molecule has 0 heterocycles. The summed E-state index contributed by atoms with van der Waals surface area (Å²) in [5.74, 6) is -0.172. The fourth-order valence-electron chi connectivity index (χ4n) is 1.95. The summed E-state index contributed by atoms with van der Waals surface area (Å²) in [6.07, 6.45) is 0. The highest BCUT2D eigenvalue weighted by Crippen LogP contribution is 2.26. The third-order valence-corrected chi connectivity index (χ3v) is 3.39. The van der Waals surface area contributed by atoms with Crippen LogP contribution in [0.1, 0.15) is 15.9 Å². The molecule has 0 fully saturated rings. The van der Waals surface area contributed by atoms with E-state index in [1.807, 2.05) is 31.2 Å². The Balaban J connectivity index is 2.40. The number of carbonyl (C=O) groups excluding carboxylic acids is 1. The van der Waals surface area contributed by atoms with Crippen LogP contribution in [-0.4, -0.2) is 13.0 Å². The van der Waals surface area contributed by atoms with Crippen LogP contribution in [0.3, 0.4) is 0 Å². The number of halogens is 1. The fraction of sp³-hybridized carbons (Fsp3) is 0.133. The number of nitrogens with two attached hydrogens (primary N) is 1. The highest BCUT2D eigenvalue weighted by Gasteiger charge is 2.18. The number of aryl methyl sites for hydroxylation is 1. The molecule has 1 amide bonds. The van der Waals surface area contributed by atoms with E-state index in [1.165, 1.54) is 0 Å². The van der Waals surface area contributed by atoms with Gasteiger partial charge in [0.25, 0.3) is 5.91 Å². The number of anilines is 2. The van der Waals surface area contributed by atoms with Crippen LogP contribution in [0.25, 0.3) is 0 Å². The molecular formula is C15H15ClN2O. The predicted octanol–water partition coefficient (Wildman–Crippen LogP) is 3.51. The summed E-state index contributed by atoms with van der Waals surface area (Å²) in [5, 5.41) is 0.393. The fourth-order valence-corrected chi connectivity index (χ4v) is 2.13. The van der Waals surface area contributed by atoms with Crippen molar-refractivity contribution in [3.8, 4) is 0 Å². The largest absolute Gasteiger partial charge is 0.397 e. The monoisotopic (exact) mass is 274 g/mol. The second-order valence-electron chi connectivity index (χ2n) is 4.35. The molecule has 2 rings (SSSR count). The number of para-hydroxylation sites is 2. The van der Waals surface area contributed by atoms with Crippen LogP contribution in [-0.2, 0) is 0 Å². The summed E-state index contributed by atoms with van der Waals surface area (Å²) >= 11 is 5.94. The minimum Gasteiger partial charge on any atom is -0.397 e. The van der Waals surface area contributed by atoms with Crippen LogP contribution < -0.4 is 10.6 Å². The van der Waals surface area contributed by atoms with Crippen LogP contribution >= 0.6 is 11.6 Å². The van der Waals surface area contributed by atoms with Gasteiger partial charge in [-0.05, 0) is 30.7 Å². The molecule has 4 heteroatoms. The lowest BCUT2D eigenvalue weighted by atomic mass is 10.1. The van der Waals surface area contributed by atoms with Gasteiger partial charge in [-0.1, -0.05) is 35.9 Å². The van der Waals surface area contributed by atoms with Crippen molar-refractivity contribution in [2.75, 3.05) is 17.7 Å². The molecule has 0 aliphatic rings. The van der Waals surface area contributed by atoms with Crippen molar-refractivity contribution >= 4 is 28.9 Å². The Morgan fingerprint density at radius 2 is 1.84 bits per heavy atom. The van der Waals surface area contributed by atoms with Crippen LogP contribution in [0.15, 0.2) is 42.5 Å². The Labute approximate surface area is 117 Å². The molecular weight excluding hydrogens is 260 g/mol. The quantitative estimate of drug-likeness (QED) is 0.852. The van der Waals surface area contributed by atoms with Crippen LogP contribution in [0.4, 0.5) is 11.4 Å². The Morgan fingerprint density at radius 3 is 2.53 bits per heavy atom. The third-order valence-electron chi connectivity index (χ3n) is 3.06. The number of nitrogens with zero attached hydrogens (tertiary/aromatic N) is 1. The van der Waals surface area contributed by atoms with Gasteiger partial charge in [-0.25, -0.2) is 0 Å². The van der Waals surface area contributed by atoms with Gasteiger partial charge in [0.15, 0.2) is 0 Å². The zero-order valence-corrected chi connectivity index (χ0v) is 11.6. The van der Waals surface area contributed by atoms with Gasteiger partial charge in [-0.2, -0.15) is 0 Å². The maximum atomic E-state index is 12.5. The smallest absolute Gasteiger partial charge is 0.260 e. The van der Waals surface area contributed by atoms with E-state index in [0.29, 0.717) is 16.3 Å². The number of benzene rings is 2. The Hall–Kier alpha value is -2.00. The molecule has 2 aromatic carbocycles. The Bertz CT molecular complexity index is 625. The van der Waals surface area contributed by atoms with Crippen LogP contribution in [0, 0.1) is 6.92 Å². The second-order valence-corrected chi connectivity index (χ2v) is 4.76. The average Bonchev–Trinajstić information content (AvgIpc) is 2.41. The minimum absolute atomic E-state index is 0.172. The Kier molecular flexibility index (Phi) is 3.76. The van der Waals surface area contributed by atoms with E-state index >= 15 is 0 Å². The molecule has 0 bridgehead atoms. The standard InChI is InChI=1S/C15H15ClN2O/c1-10-6-3-4-9-13(10)18(2)15(19)11-7-5-8-12(16)14(11)17/h3-9H,17H2,1-2H3. The molecule has 0 aliphatic heterocycles.